The van der Waals surface area contributed by atoms with E-state index >= 15 is 0 Å². The second kappa shape index (κ2) is 4.80. The predicted octanol–water partition coefficient (Wildman–Crippen LogP) is 2.82. The Balaban J connectivity index is 2.24. The maximum atomic E-state index is 11.3. The highest BCUT2D eigenvalue weighted by molar-refractivity contribution is 5.94. The summed E-state index contributed by atoms with van der Waals surface area (Å²) in [5.74, 6) is -1.27. The highest BCUT2D eigenvalue weighted by Crippen LogP contribution is 2.62. The number of nitrogens with zero attached hydrogens (tertiary/aromatic N) is 1. The molecular formula is C15H20N2O4. The Morgan fingerprint density at radius 3 is 2.33 bits per heavy atom. The van der Waals surface area contributed by atoms with Crippen LogP contribution in [0.25, 0.3) is 0 Å². The van der Waals surface area contributed by atoms with E-state index in [9.17, 15) is 20.0 Å². The largest absolute Gasteiger partial charge is 0.477 e. The van der Waals surface area contributed by atoms with Crippen LogP contribution < -0.4 is 5.32 Å². The van der Waals surface area contributed by atoms with Gasteiger partial charge < -0.3 is 10.4 Å². The van der Waals surface area contributed by atoms with Gasteiger partial charge in [0, 0.05) is 18.7 Å². The number of nitro groups is 1. The first-order valence-electron chi connectivity index (χ1n) is 6.83. The Morgan fingerprint density at radius 2 is 1.90 bits per heavy atom. The van der Waals surface area contributed by atoms with Crippen LogP contribution in [0.15, 0.2) is 18.2 Å². The number of carboxylic acid groups (broad SMARTS) is 1. The van der Waals surface area contributed by atoms with E-state index in [0.717, 1.165) is 0 Å². The summed E-state index contributed by atoms with van der Waals surface area (Å²) in [7, 11) is 0. The molecule has 0 aromatic heterocycles. The van der Waals surface area contributed by atoms with E-state index in [1.54, 1.807) is 6.07 Å². The molecule has 0 unspecified atom stereocenters. The summed E-state index contributed by atoms with van der Waals surface area (Å²) in [5, 5.41) is 23.5. The van der Waals surface area contributed by atoms with Gasteiger partial charge in [-0.3, -0.25) is 10.1 Å². The van der Waals surface area contributed by atoms with Crippen LogP contribution >= 0.6 is 0 Å². The lowest BCUT2D eigenvalue weighted by Gasteiger charge is -2.09. The van der Waals surface area contributed by atoms with E-state index in [1.807, 2.05) is 0 Å². The van der Waals surface area contributed by atoms with Crippen molar-refractivity contribution in [1.29, 1.82) is 0 Å². The van der Waals surface area contributed by atoms with Gasteiger partial charge in [-0.2, -0.15) is 0 Å². The second-order valence-electron chi connectivity index (χ2n) is 6.63. The van der Waals surface area contributed by atoms with Gasteiger partial charge in [0.1, 0.15) is 5.56 Å². The number of carbonyl (C=O) groups is 1. The molecule has 0 amide bonds. The van der Waals surface area contributed by atoms with Gasteiger partial charge in [0.2, 0.25) is 0 Å². The van der Waals surface area contributed by atoms with Crippen LogP contribution in [0.5, 0.6) is 0 Å². The van der Waals surface area contributed by atoms with Crippen LogP contribution in [0.2, 0.25) is 0 Å². The van der Waals surface area contributed by atoms with Crippen LogP contribution in [0.1, 0.15) is 43.6 Å². The smallest absolute Gasteiger partial charge is 0.343 e. The van der Waals surface area contributed by atoms with Gasteiger partial charge in [0.15, 0.2) is 0 Å². The van der Waals surface area contributed by atoms with Crippen LogP contribution in [0.3, 0.4) is 0 Å². The van der Waals surface area contributed by atoms with Gasteiger partial charge >= 0.3 is 5.97 Å². The molecule has 6 nitrogen and oxygen atoms in total. The average Bonchev–Trinajstić information content (AvgIpc) is 2.76. The molecule has 0 bridgehead atoms. The molecule has 0 saturated heterocycles. The second-order valence-corrected chi connectivity index (χ2v) is 6.63. The number of rotatable bonds is 5. The molecule has 1 saturated carbocycles. The lowest BCUT2D eigenvalue weighted by molar-refractivity contribution is -0.385. The fourth-order valence-electron chi connectivity index (χ4n) is 3.05. The number of nitrogens with one attached hydrogen (secondary N) is 1. The number of aromatic carboxylic acids is 1. The first-order chi connectivity index (χ1) is 9.60. The Hall–Kier alpha value is -1.95. The third kappa shape index (κ3) is 2.40. The molecule has 1 aliphatic carbocycles. The highest BCUT2D eigenvalue weighted by Gasteiger charge is 2.64. The predicted molar refractivity (Wildman–Crippen MR) is 78.2 cm³/mol. The molecule has 0 heterocycles. The molecule has 6 heteroatoms. The number of benzene rings is 1. The summed E-state index contributed by atoms with van der Waals surface area (Å²) in [6.45, 7) is 8.90. The van der Waals surface area contributed by atoms with Crippen molar-refractivity contribution in [2.75, 3.05) is 0 Å². The van der Waals surface area contributed by atoms with Crippen molar-refractivity contribution in [3.05, 3.63) is 39.4 Å². The molecule has 0 spiro atoms. The van der Waals surface area contributed by atoms with Crippen molar-refractivity contribution in [2.24, 2.45) is 10.8 Å². The lowest BCUT2D eigenvalue weighted by Crippen LogP contribution is -2.23. The molecule has 1 aromatic carbocycles. The maximum absolute atomic E-state index is 11.3. The van der Waals surface area contributed by atoms with Crippen molar-refractivity contribution in [3.8, 4) is 0 Å². The monoisotopic (exact) mass is 292 g/mol. The summed E-state index contributed by atoms with van der Waals surface area (Å²) < 4.78 is 0. The maximum Gasteiger partial charge on any atom is 0.343 e. The van der Waals surface area contributed by atoms with E-state index < -0.39 is 10.9 Å². The van der Waals surface area contributed by atoms with Crippen LogP contribution in [0.4, 0.5) is 5.69 Å². The van der Waals surface area contributed by atoms with E-state index in [4.69, 9.17) is 0 Å². The average molecular weight is 292 g/mol. The molecule has 2 N–H and O–H groups in total. The Bertz CT molecular complexity index is 594. The zero-order valence-electron chi connectivity index (χ0n) is 12.6. The number of hydrogen-bond acceptors (Lipinski definition) is 4. The van der Waals surface area contributed by atoms with Crippen LogP contribution in [-0.4, -0.2) is 22.0 Å². The van der Waals surface area contributed by atoms with Gasteiger partial charge in [-0.05, 0) is 16.4 Å². The zero-order valence-corrected chi connectivity index (χ0v) is 12.6. The molecule has 2 rings (SSSR count). The lowest BCUT2D eigenvalue weighted by atomic mass is 10.0. The fraction of sp³-hybridized carbons (Fsp3) is 0.533. The molecule has 114 valence electrons. The van der Waals surface area contributed by atoms with Crippen LogP contribution in [0, 0.1) is 20.9 Å². The summed E-state index contributed by atoms with van der Waals surface area (Å²) in [6.07, 6.45) is 0. The number of carboxylic acids is 1. The van der Waals surface area contributed by atoms with E-state index in [0.29, 0.717) is 12.1 Å². The molecular weight excluding hydrogens is 272 g/mol. The van der Waals surface area contributed by atoms with Gasteiger partial charge in [-0.1, -0.05) is 39.8 Å². The van der Waals surface area contributed by atoms with Gasteiger partial charge in [0.05, 0.1) is 4.92 Å². The number of nitro benzene ring substituents is 1. The third-order valence-corrected chi connectivity index (χ3v) is 5.06. The zero-order chi connectivity index (χ0) is 16.0. The fourth-order valence-corrected chi connectivity index (χ4v) is 3.05. The molecule has 0 radical (unpaired) electrons. The molecule has 1 fully saturated rings. The van der Waals surface area contributed by atoms with E-state index in [-0.39, 0.29) is 28.1 Å². The minimum Gasteiger partial charge on any atom is -0.477 e. The first kappa shape index (κ1) is 15.4. The topological polar surface area (TPSA) is 92.5 Å². The van der Waals surface area contributed by atoms with Gasteiger partial charge in [-0.15, -0.1) is 0 Å². The summed E-state index contributed by atoms with van der Waals surface area (Å²) in [6, 6.07) is 4.61. The SMILES string of the molecule is CC1(C)C(NCc2cccc([N+](=O)[O-])c2C(=O)O)C1(C)C. The van der Waals surface area contributed by atoms with Crippen molar-refractivity contribution in [1.82, 2.24) is 5.32 Å². The minimum absolute atomic E-state index is 0.122. The molecule has 0 aliphatic heterocycles. The Morgan fingerprint density at radius 1 is 1.33 bits per heavy atom. The van der Waals surface area contributed by atoms with Crippen molar-refractivity contribution in [2.45, 2.75) is 40.3 Å². The molecule has 1 aromatic rings. The highest BCUT2D eigenvalue weighted by atomic mass is 16.6. The van der Waals surface area contributed by atoms with Gasteiger partial charge in [-0.25, -0.2) is 4.79 Å². The van der Waals surface area contributed by atoms with Gasteiger partial charge in [0.25, 0.3) is 5.69 Å². The Kier molecular flexibility index (Phi) is 3.53. The van der Waals surface area contributed by atoms with Crippen LogP contribution in [-0.2, 0) is 6.54 Å². The number of hydrogen-bond donors (Lipinski definition) is 2. The first-order valence-corrected chi connectivity index (χ1v) is 6.83. The summed E-state index contributed by atoms with van der Waals surface area (Å²) >= 11 is 0. The molecule has 1 aliphatic rings. The minimum atomic E-state index is -1.27. The van der Waals surface area contributed by atoms with E-state index in [1.165, 1.54) is 12.1 Å². The summed E-state index contributed by atoms with van der Waals surface area (Å²) in [4.78, 5) is 21.6. The van der Waals surface area contributed by atoms with Crippen molar-refractivity contribution >= 4 is 11.7 Å². The van der Waals surface area contributed by atoms with E-state index in [2.05, 4.69) is 33.0 Å². The Labute approximate surface area is 123 Å². The molecule has 0 atom stereocenters. The molecule has 21 heavy (non-hydrogen) atoms. The van der Waals surface area contributed by atoms with Crippen molar-refractivity contribution < 1.29 is 14.8 Å². The quantitative estimate of drug-likeness (QED) is 0.643. The summed E-state index contributed by atoms with van der Waals surface area (Å²) in [5.41, 5.74) is 0.0892. The standard InChI is InChI=1S/C15H20N2O4/c1-14(2)13(15(14,3)4)16-8-9-6-5-7-10(17(20)21)11(9)12(18)19/h5-7,13,16H,8H2,1-4H3,(H,18,19). The third-order valence-electron chi connectivity index (χ3n) is 5.06. The van der Waals surface area contributed by atoms with Crippen molar-refractivity contribution in [3.63, 3.8) is 0 Å². The normalized spacial score (nSPS) is 19.2.